The van der Waals surface area contributed by atoms with Gasteiger partial charge in [0.15, 0.2) is 0 Å². The molecule has 0 saturated carbocycles. The molecule has 0 unspecified atom stereocenters. The highest BCUT2D eigenvalue weighted by Crippen LogP contribution is 2.19. The van der Waals surface area contributed by atoms with E-state index in [1.54, 1.807) is 36.4 Å². The predicted octanol–water partition coefficient (Wildman–Crippen LogP) is 4.20. The molecule has 1 aromatic heterocycles. The number of benzene rings is 2. The number of nitrogens with zero attached hydrogens (tertiary/aromatic N) is 1. The maximum absolute atomic E-state index is 12.4. The Morgan fingerprint density at radius 1 is 1.04 bits per heavy atom. The van der Waals surface area contributed by atoms with E-state index in [1.807, 2.05) is 24.3 Å². The highest BCUT2D eigenvalue weighted by Gasteiger charge is 2.10. The molecule has 0 atom stereocenters. The van der Waals surface area contributed by atoms with Crippen LogP contribution in [-0.4, -0.2) is 24.0 Å². The quantitative estimate of drug-likeness (QED) is 0.611. The van der Waals surface area contributed by atoms with Gasteiger partial charge in [0.25, 0.3) is 5.91 Å². The maximum Gasteiger partial charge on any atom is 0.337 e. The van der Waals surface area contributed by atoms with Crippen molar-refractivity contribution in [2.24, 2.45) is 0 Å². The number of ether oxygens (including phenoxy) is 1. The van der Waals surface area contributed by atoms with Gasteiger partial charge in [-0.3, -0.25) is 9.78 Å². The van der Waals surface area contributed by atoms with Gasteiger partial charge in [0.1, 0.15) is 5.69 Å². The molecule has 142 valence electrons. The Morgan fingerprint density at radius 3 is 2.61 bits per heavy atom. The number of hydrogen-bond acceptors (Lipinski definition) is 5. The van der Waals surface area contributed by atoms with Gasteiger partial charge in [-0.2, -0.15) is 0 Å². The van der Waals surface area contributed by atoms with Crippen molar-refractivity contribution in [1.29, 1.82) is 0 Å². The lowest BCUT2D eigenvalue weighted by Gasteiger charge is -2.10. The lowest BCUT2D eigenvalue weighted by molar-refractivity contribution is 0.0600. The van der Waals surface area contributed by atoms with Crippen LogP contribution in [0.4, 0.5) is 11.4 Å². The Balaban J connectivity index is 1.69. The number of amides is 1. The largest absolute Gasteiger partial charge is 0.465 e. The highest BCUT2D eigenvalue weighted by molar-refractivity contribution is 6.31. The summed E-state index contributed by atoms with van der Waals surface area (Å²) in [5, 5.41) is 6.55. The zero-order chi connectivity index (χ0) is 19.9. The lowest BCUT2D eigenvalue weighted by Crippen LogP contribution is -2.24. The number of aromatic nitrogens is 1. The van der Waals surface area contributed by atoms with E-state index in [9.17, 15) is 9.59 Å². The molecule has 3 aromatic rings. The molecular weight excluding hydrogens is 378 g/mol. The third kappa shape index (κ3) is 4.86. The van der Waals surface area contributed by atoms with Crippen molar-refractivity contribution in [2.45, 2.75) is 6.54 Å². The first-order valence-electron chi connectivity index (χ1n) is 8.50. The Bertz CT molecular complexity index is 1010. The number of nitrogens with one attached hydrogen (secondary N) is 2. The summed E-state index contributed by atoms with van der Waals surface area (Å²) < 4.78 is 4.72. The molecule has 0 radical (unpaired) electrons. The molecule has 2 aromatic carbocycles. The van der Waals surface area contributed by atoms with Crippen LogP contribution in [0.2, 0.25) is 5.02 Å². The van der Waals surface area contributed by atoms with Crippen molar-refractivity contribution >= 4 is 34.9 Å². The predicted molar refractivity (Wildman–Crippen MR) is 108 cm³/mol. The lowest BCUT2D eigenvalue weighted by atomic mass is 10.2. The van der Waals surface area contributed by atoms with Gasteiger partial charge >= 0.3 is 5.97 Å². The molecule has 0 aliphatic heterocycles. The minimum Gasteiger partial charge on any atom is -0.465 e. The number of carbonyl (C=O) groups is 2. The summed E-state index contributed by atoms with van der Waals surface area (Å²) in [5.41, 5.74) is 2.88. The molecule has 0 saturated heterocycles. The van der Waals surface area contributed by atoms with Gasteiger partial charge in [-0.05, 0) is 42.0 Å². The van der Waals surface area contributed by atoms with E-state index in [4.69, 9.17) is 16.3 Å². The Labute approximate surface area is 167 Å². The van der Waals surface area contributed by atoms with E-state index in [1.165, 1.54) is 13.3 Å². The van der Waals surface area contributed by atoms with Crippen molar-refractivity contribution in [1.82, 2.24) is 10.3 Å². The van der Waals surface area contributed by atoms with Gasteiger partial charge < -0.3 is 15.4 Å². The smallest absolute Gasteiger partial charge is 0.337 e. The summed E-state index contributed by atoms with van der Waals surface area (Å²) in [6.45, 7) is 0.305. The maximum atomic E-state index is 12.4. The number of methoxy groups -OCH3 is 1. The molecule has 1 amide bonds. The zero-order valence-electron chi connectivity index (χ0n) is 15.1. The van der Waals surface area contributed by atoms with Crippen LogP contribution in [-0.2, 0) is 11.3 Å². The summed E-state index contributed by atoms with van der Waals surface area (Å²) >= 11 is 6.10. The number of esters is 1. The topological polar surface area (TPSA) is 80.3 Å². The summed E-state index contributed by atoms with van der Waals surface area (Å²) in [6.07, 6.45) is 1.54. The third-order valence-corrected chi connectivity index (χ3v) is 4.33. The second-order valence-corrected chi connectivity index (χ2v) is 6.31. The Kier molecular flexibility index (Phi) is 6.24. The van der Waals surface area contributed by atoms with Gasteiger partial charge in [-0.15, -0.1) is 0 Å². The van der Waals surface area contributed by atoms with Gasteiger partial charge in [-0.1, -0.05) is 35.9 Å². The number of pyridine rings is 1. The fourth-order valence-corrected chi connectivity index (χ4v) is 2.75. The first-order chi connectivity index (χ1) is 13.6. The van der Waals surface area contributed by atoms with E-state index in [0.717, 1.165) is 5.56 Å². The van der Waals surface area contributed by atoms with Crippen molar-refractivity contribution in [3.05, 3.63) is 88.7 Å². The second-order valence-electron chi connectivity index (χ2n) is 5.90. The van der Waals surface area contributed by atoms with Gasteiger partial charge in [0, 0.05) is 29.1 Å². The Morgan fingerprint density at radius 2 is 1.82 bits per heavy atom. The molecular formula is C21H18ClN3O3. The standard InChI is InChI=1S/C21H18ClN3O3/c1-28-21(27)14-6-4-7-16(11-14)25-17-9-10-23-19(12-17)20(26)24-13-15-5-2-3-8-18(15)22/h2-12H,13H2,1H3,(H,23,25)(H,24,26). The molecule has 0 aliphatic carbocycles. The van der Waals surface area contributed by atoms with Gasteiger partial charge in [-0.25, -0.2) is 4.79 Å². The number of hydrogen-bond donors (Lipinski definition) is 2. The molecule has 3 rings (SSSR count). The molecule has 7 heteroatoms. The minimum atomic E-state index is -0.419. The SMILES string of the molecule is COC(=O)c1cccc(Nc2ccnc(C(=O)NCc3ccccc3Cl)c2)c1. The summed E-state index contributed by atoms with van der Waals surface area (Å²) in [5.74, 6) is -0.732. The van der Waals surface area contributed by atoms with Crippen LogP contribution in [0.3, 0.4) is 0 Å². The summed E-state index contributed by atoms with van der Waals surface area (Å²) in [6, 6.07) is 17.6. The Hall–Kier alpha value is -3.38. The third-order valence-electron chi connectivity index (χ3n) is 3.96. The van der Waals surface area contributed by atoms with E-state index in [2.05, 4.69) is 15.6 Å². The normalized spacial score (nSPS) is 10.2. The zero-order valence-corrected chi connectivity index (χ0v) is 15.9. The monoisotopic (exact) mass is 395 g/mol. The average Bonchev–Trinajstić information content (AvgIpc) is 2.72. The molecule has 28 heavy (non-hydrogen) atoms. The van der Waals surface area contributed by atoms with E-state index in [-0.39, 0.29) is 11.6 Å². The fourth-order valence-electron chi connectivity index (χ4n) is 2.55. The number of anilines is 2. The average molecular weight is 396 g/mol. The molecule has 0 spiro atoms. The molecule has 0 bridgehead atoms. The molecule has 2 N–H and O–H groups in total. The molecule has 0 fully saturated rings. The van der Waals surface area contributed by atoms with Crippen molar-refractivity contribution in [3.63, 3.8) is 0 Å². The van der Waals surface area contributed by atoms with Crippen LogP contribution in [0, 0.1) is 0 Å². The van der Waals surface area contributed by atoms with Crippen LogP contribution in [0.15, 0.2) is 66.9 Å². The van der Waals surface area contributed by atoms with Crippen LogP contribution < -0.4 is 10.6 Å². The van der Waals surface area contributed by atoms with E-state index >= 15 is 0 Å². The van der Waals surface area contributed by atoms with Crippen LogP contribution in [0.1, 0.15) is 26.4 Å². The number of carbonyl (C=O) groups excluding carboxylic acids is 2. The highest BCUT2D eigenvalue weighted by atomic mass is 35.5. The molecule has 1 heterocycles. The molecule has 6 nitrogen and oxygen atoms in total. The first kappa shape index (κ1) is 19.4. The second kappa shape index (κ2) is 9.01. The van der Waals surface area contributed by atoms with Crippen LogP contribution in [0.5, 0.6) is 0 Å². The van der Waals surface area contributed by atoms with Crippen molar-refractivity contribution in [3.8, 4) is 0 Å². The first-order valence-corrected chi connectivity index (χ1v) is 8.87. The number of rotatable bonds is 6. The number of halogens is 1. The van der Waals surface area contributed by atoms with Gasteiger partial charge in [0.05, 0.1) is 12.7 Å². The van der Waals surface area contributed by atoms with E-state index in [0.29, 0.717) is 28.5 Å². The minimum absolute atomic E-state index is 0.265. The summed E-state index contributed by atoms with van der Waals surface area (Å²) in [4.78, 5) is 28.2. The fraction of sp³-hybridized carbons (Fsp3) is 0.0952. The molecule has 0 aliphatic rings. The van der Waals surface area contributed by atoms with Crippen LogP contribution in [0.25, 0.3) is 0 Å². The van der Waals surface area contributed by atoms with E-state index < -0.39 is 5.97 Å². The van der Waals surface area contributed by atoms with Crippen molar-refractivity contribution < 1.29 is 14.3 Å². The van der Waals surface area contributed by atoms with Crippen molar-refractivity contribution in [2.75, 3.05) is 12.4 Å². The van der Waals surface area contributed by atoms with Crippen LogP contribution >= 0.6 is 11.6 Å². The van der Waals surface area contributed by atoms with Gasteiger partial charge in [0.2, 0.25) is 0 Å². The summed E-state index contributed by atoms with van der Waals surface area (Å²) in [7, 11) is 1.33.